The lowest BCUT2D eigenvalue weighted by Crippen LogP contribution is -2.07. The van der Waals surface area contributed by atoms with Gasteiger partial charge in [-0.2, -0.15) is 0 Å². The lowest BCUT2D eigenvalue weighted by molar-refractivity contribution is -0.114. The largest absolute Gasteiger partial charge is 0.326 e. The number of rotatable bonds is 4. The van der Waals surface area contributed by atoms with Crippen molar-refractivity contribution in [2.45, 2.75) is 26.7 Å². The van der Waals surface area contributed by atoms with Crippen molar-refractivity contribution in [2.24, 2.45) is 5.92 Å². The standard InChI is InChI=1S/C14H19NO/c1-5-14(10(2)3)12-6-8-13(9-7-12)15-11(4)16/h5-10,14H,1H2,2-4H3,(H,15,16)/t14-/m0/s1. The van der Waals surface area contributed by atoms with E-state index in [1.165, 1.54) is 12.5 Å². The van der Waals surface area contributed by atoms with Gasteiger partial charge >= 0.3 is 0 Å². The second kappa shape index (κ2) is 5.50. The first-order valence-electron chi connectivity index (χ1n) is 5.54. The van der Waals surface area contributed by atoms with Gasteiger partial charge in [0.15, 0.2) is 0 Å². The molecule has 16 heavy (non-hydrogen) atoms. The summed E-state index contributed by atoms with van der Waals surface area (Å²) in [6.07, 6.45) is 1.97. The summed E-state index contributed by atoms with van der Waals surface area (Å²) in [5, 5.41) is 2.75. The summed E-state index contributed by atoms with van der Waals surface area (Å²) in [6, 6.07) is 7.93. The lowest BCUT2D eigenvalue weighted by atomic mass is 9.88. The first-order chi connectivity index (χ1) is 7.54. The van der Waals surface area contributed by atoms with Crippen LogP contribution in [0.3, 0.4) is 0 Å². The Morgan fingerprint density at radius 3 is 2.25 bits per heavy atom. The highest BCUT2D eigenvalue weighted by atomic mass is 16.1. The Balaban J connectivity index is 2.85. The zero-order valence-corrected chi connectivity index (χ0v) is 10.2. The van der Waals surface area contributed by atoms with Gasteiger partial charge in [-0.3, -0.25) is 4.79 Å². The van der Waals surface area contributed by atoms with Crippen LogP contribution in [0.5, 0.6) is 0 Å². The van der Waals surface area contributed by atoms with Crippen LogP contribution in [0.25, 0.3) is 0 Å². The summed E-state index contributed by atoms with van der Waals surface area (Å²) in [7, 11) is 0. The molecule has 1 aromatic carbocycles. The van der Waals surface area contributed by atoms with E-state index < -0.39 is 0 Å². The summed E-state index contributed by atoms with van der Waals surface area (Å²) < 4.78 is 0. The molecule has 0 radical (unpaired) electrons. The average Bonchev–Trinajstić information content (AvgIpc) is 2.20. The Morgan fingerprint density at radius 2 is 1.88 bits per heavy atom. The number of carbonyl (C=O) groups is 1. The number of allylic oxidation sites excluding steroid dienone is 1. The summed E-state index contributed by atoms with van der Waals surface area (Å²) >= 11 is 0. The first-order valence-corrected chi connectivity index (χ1v) is 5.54. The number of anilines is 1. The maximum Gasteiger partial charge on any atom is 0.221 e. The number of hydrogen-bond donors (Lipinski definition) is 1. The number of amides is 1. The highest BCUT2D eigenvalue weighted by Gasteiger charge is 2.11. The van der Waals surface area contributed by atoms with Gasteiger partial charge in [-0.1, -0.05) is 32.1 Å². The van der Waals surface area contributed by atoms with Crippen LogP contribution >= 0.6 is 0 Å². The van der Waals surface area contributed by atoms with Gasteiger partial charge in [0.05, 0.1) is 0 Å². The highest BCUT2D eigenvalue weighted by molar-refractivity contribution is 5.88. The van der Waals surface area contributed by atoms with Crippen molar-refractivity contribution in [3.8, 4) is 0 Å². The van der Waals surface area contributed by atoms with Gasteiger partial charge in [-0.15, -0.1) is 6.58 Å². The van der Waals surface area contributed by atoms with Crippen molar-refractivity contribution in [3.05, 3.63) is 42.5 Å². The van der Waals surface area contributed by atoms with Crippen molar-refractivity contribution in [2.75, 3.05) is 5.32 Å². The summed E-state index contributed by atoms with van der Waals surface area (Å²) in [5.41, 5.74) is 2.07. The van der Waals surface area contributed by atoms with Crippen molar-refractivity contribution in [1.29, 1.82) is 0 Å². The van der Waals surface area contributed by atoms with Crippen molar-refractivity contribution >= 4 is 11.6 Å². The zero-order chi connectivity index (χ0) is 12.1. The minimum Gasteiger partial charge on any atom is -0.326 e. The molecule has 1 aromatic rings. The van der Waals surface area contributed by atoms with E-state index in [-0.39, 0.29) is 5.91 Å². The molecule has 0 bridgehead atoms. The molecule has 1 rings (SSSR count). The Bertz CT molecular complexity index is 365. The van der Waals surface area contributed by atoms with Crippen LogP contribution in [0, 0.1) is 5.92 Å². The summed E-state index contributed by atoms with van der Waals surface area (Å²) in [4.78, 5) is 10.9. The third-order valence-electron chi connectivity index (χ3n) is 2.59. The van der Waals surface area contributed by atoms with Crippen molar-refractivity contribution in [1.82, 2.24) is 0 Å². The van der Waals surface area contributed by atoms with Crippen LogP contribution in [0.1, 0.15) is 32.3 Å². The molecule has 0 aliphatic heterocycles. The molecule has 2 heteroatoms. The first kappa shape index (κ1) is 12.5. The molecule has 0 saturated heterocycles. The number of nitrogens with one attached hydrogen (secondary N) is 1. The van der Waals surface area contributed by atoms with Gasteiger partial charge in [0, 0.05) is 18.5 Å². The number of hydrogen-bond acceptors (Lipinski definition) is 1. The molecule has 0 unspecified atom stereocenters. The molecular weight excluding hydrogens is 198 g/mol. The highest BCUT2D eigenvalue weighted by Crippen LogP contribution is 2.26. The SMILES string of the molecule is C=C[C@H](c1ccc(NC(C)=O)cc1)C(C)C. The minimum atomic E-state index is -0.0446. The predicted octanol–water partition coefficient (Wildman–Crippen LogP) is 3.57. The monoisotopic (exact) mass is 217 g/mol. The molecule has 2 nitrogen and oxygen atoms in total. The van der Waals surface area contributed by atoms with E-state index in [0.29, 0.717) is 11.8 Å². The van der Waals surface area contributed by atoms with Gasteiger partial charge in [0.2, 0.25) is 5.91 Å². The van der Waals surface area contributed by atoms with Gasteiger partial charge in [-0.25, -0.2) is 0 Å². The fourth-order valence-corrected chi connectivity index (χ4v) is 1.79. The molecule has 86 valence electrons. The second-order valence-electron chi connectivity index (χ2n) is 4.31. The number of benzene rings is 1. The van der Waals surface area contributed by atoms with Gasteiger partial charge in [0.1, 0.15) is 0 Å². The summed E-state index contributed by atoms with van der Waals surface area (Å²) in [6.45, 7) is 9.72. The zero-order valence-electron chi connectivity index (χ0n) is 10.2. The predicted molar refractivity (Wildman–Crippen MR) is 68.5 cm³/mol. The lowest BCUT2D eigenvalue weighted by Gasteiger charge is -2.17. The van der Waals surface area contributed by atoms with Crippen molar-refractivity contribution < 1.29 is 4.79 Å². The average molecular weight is 217 g/mol. The Kier molecular flexibility index (Phi) is 4.29. The van der Waals surface area contributed by atoms with E-state index in [4.69, 9.17) is 0 Å². The van der Waals surface area contributed by atoms with E-state index in [2.05, 4.69) is 25.7 Å². The van der Waals surface area contributed by atoms with Crippen LogP contribution in [0.2, 0.25) is 0 Å². The molecule has 1 atom stereocenters. The third-order valence-corrected chi connectivity index (χ3v) is 2.59. The van der Waals surface area contributed by atoms with Crippen LogP contribution in [-0.4, -0.2) is 5.91 Å². The van der Waals surface area contributed by atoms with E-state index >= 15 is 0 Å². The molecule has 1 amide bonds. The van der Waals surface area contributed by atoms with E-state index in [9.17, 15) is 4.79 Å². The van der Waals surface area contributed by atoms with Crippen LogP contribution < -0.4 is 5.32 Å². The Labute approximate surface area is 97.4 Å². The fourth-order valence-electron chi connectivity index (χ4n) is 1.79. The van der Waals surface area contributed by atoms with Crippen LogP contribution in [0.15, 0.2) is 36.9 Å². The van der Waals surface area contributed by atoms with Crippen LogP contribution in [0.4, 0.5) is 5.69 Å². The molecule has 0 aliphatic carbocycles. The van der Waals surface area contributed by atoms with Gasteiger partial charge < -0.3 is 5.32 Å². The molecular formula is C14H19NO. The van der Waals surface area contributed by atoms with Gasteiger partial charge in [0.25, 0.3) is 0 Å². The van der Waals surface area contributed by atoms with Crippen molar-refractivity contribution in [3.63, 3.8) is 0 Å². The maximum atomic E-state index is 10.9. The van der Waals surface area contributed by atoms with Gasteiger partial charge in [-0.05, 0) is 23.6 Å². The molecule has 0 fully saturated rings. The summed E-state index contributed by atoms with van der Waals surface area (Å²) in [5.74, 6) is 0.854. The Morgan fingerprint density at radius 1 is 1.31 bits per heavy atom. The minimum absolute atomic E-state index is 0.0446. The third kappa shape index (κ3) is 3.23. The van der Waals surface area contributed by atoms with E-state index in [0.717, 1.165) is 5.69 Å². The smallest absolute Gasteiger partial charge is 0.221 e. The fraction of sp³-hybridized carbons (Fsp3) is 0.357. The second-order valence-corrected chi connectivity index (χ2v) is 4.31. The van der Waals surface area contributed by atoms with E-state index in [1.807, 2.05) is 30.3 Å². The normalized spacial score (nSPS) is 12.2. The van der Waals surface area contributed by atoms with Crippen LogP contribution in [-0.2, 0) is 4.79 Å². The Hall–Kier alpha value is -1.57. The van der Waals surface area contributed by atoms with E-state index in [1.54, 1.807) is 0 Å². The molecule has 0 spiro atoms. The molecule has 0 aromatic heterocycles. The topological polar surface area (TPSA) is 29.1 Å². The molecule has 1 N–H and O–H groups in total. The molecule has 0 aliphatic rings. The quantitative estimate of drug-likeness (QED) is 0.767. The molecule has 0 saturated carbocycles. The number of carbonyl (C=O) groups excluding carboxylic acids is 1. The maximum absolute atomic E-state index is 10.9. The molecule has 0 heterocycles.